The molecule has 0 bridgehead atoms. The summed E-state index contributed by atoms with van der Waals surface area (Å²) in [4.78, 5) is 10.8. The van der Waals surface area contributed by atoms with Gasteiger partial charge in [0.1, 0.15) is 6.04 Å². The average Bonchev–Trinajstić information content (AvgIpc) is 2.72. The minimum Gasteiger partial charge on any atom is -0.480 e. The quantitative estimate of drug-likeness (QED) is 0.659. The highest BCUT2D eigenvalue weighted by Crippen LogP contribution is 2.56. The van der Waals surface area contributed by atoms with Crippen LogP contribution < -0.4 is 5.73 Å². The van der Waals surface area contributed by atoms with Gasteiger partial charge in [0.15, 0.2) is 0 Å². The summed E-state index contributed by atoms with van der Waals surface area (Å²) < 4.78 is 5.26. The Hall–Kier alpha value is -0.610. The number of nitrogens with two attached hydrogens (primary N) is 1. The van der Waals surface area contributed by atoms with Crippen molar-refractivity contribution in [2.45, 2.75) is 25.3 Å². The summed E-state index contributed by atoms with van der Waals surface area (Å²) in [5.74, 6) is -0.497. The highest BCUT2D eigenvalue weighted by atomic mass is 16.5. The van der Waals surface area contributed by atoms with Crippen LogP contribution >= 0.6 is 0 Å². The van der Waals surface area contributed by atoms with Gasteiger partial charge in [0.2, 0.25) is 0 Å². The molecule has 1 aliphatic carbocycles. The Kier molecular flexibility index (Phi) is 2.04. The van der Waals surface area contributed by atoms with Gasteiger partial charge >= 0.3 is 5.97 Å². The summed E-state index contributed by atoms with van der Waals surface area (Å²) >= 11 is 0. The van der Waals surface area contributed by atoms with Crippen LogP contribution in [0.1, 0.15) is 19.3 Å². The van der Waals surface area contributed by atoms with E-state index in [9.17, 15) is 4.79 Å². The fourth-order valence-corrected chi connectivity index (χ4v) is 2.35. The Morgan fingerprint density at radius 1 is 1.62 bits per heavy atom. The van der Waals surface area contributed by atoms with Crippen LogP contribution in [0.5, 0.6) is 0 Å². The molecule has 3 N–H and O–H groups in total. The van der Waals surface area contributed by atoms with Gasteiger partial charge in [-0.05, 0) is 25.2 Å². The van der Waals surface area contributed by atoms with Gasteiger partial charge in [-0.15, -0.1) is 0 Å². The Morgan fingerprint density at radius 2 is 2.31 bits per heavy atom. The van der Waals surface area contributed by atoms with Crippen LogP contribution in [-0.2, 0) is 9.53 Å². The fraction of sp³-hybridized carbons (Fsp3) is 0.889. The predicted octanol–water partition coefficient (Wildman–Crippen LogP) is 0.215. The van der Waals surface area contributed by atoms with Crippen molar-refractivity contribution in [3.63, 3.8) is 0 Å². The van der Waals surface area contributed by atoms with E-state index in [-0.39, 0.29) is 5.41 Å². The fourth-order valence-electron chi connectivity index (χ4n) is 2.35. The van der Waals surface area contributed by atoms with E-state index in [1.807, 2.05) is 0 Å². The first-order valence-corrected chi connectivity index (χ1v) is 4.73. The molecule has 1 saturated carbocycles. The predicted molar refractivity (Wildman–Crippen MR) is 46.2 cm³/mol. The van der Waals surface area contributed by atoms with E-state index in [1.165, 1.54) is 0 Å². The first kappa shape index (κ1) is 8.97. The largest absolute Gasteiger partial charge is 0.480 e. The molecule has 4 heteroatoms. The summed E-state index contributed by atoms with van der Waals surface area (Å²) in [5, 5.41) is 8.85. The van der Waals surface area contributed by atoms with Gasteiger partial charge in [-0.2, -0.15) is 0 Å². The summed E-state index contributed by atoms with van der Waals surface area (Å²) in [7, 11) is 0. The van der Waals surface area contributed by atoms with Crippen LogP contribution in [0.2, 0.25) is 0 Å². The molecule has 13 heavy (non-hydrogen) atoms. The van der Waals surface area contributed by atoms with Crippen LogP contribution in [-0.4, -0.2) is 30.3 Å². The maximum absolute atomic E-state index is 10.8. The second-order valence-electron chi connectivity index (χ2n) is 4.11. The summed E-state index contributed by atoms with van der Waals surface area (Å²) in [6.07, 6.45) is 2.88. The Labute approximate surface area is 77.1 Å². The second-order valence-corrected chi connectivity index (χ2v) is 4.11. The van der Waals surface area contributed by atoms with Crippen molar-refractivity contribution in [3.05, 3.63) is 0 Å². The van der Waals surface area contributed by atoms with Crippen molar-refractivity contribution in [3.8, 4) is 0 Å². The number of rotatable bonds is 3. The Balaban J connectivity index is 2.06. The molecule has 0 aromatic rings. The number of carboxylic acid groups (broad SMARTS) is 1. The molecule has 4 nitrogen and oxygen atoms in total. The molecule has 0 radical (unpaired) electrons. The molecule has 0 spiro atoms. The molecule has 2 atom stereocenters. The first-order valence-electron chi connectivity index (χ1n) is 4.73. The average molecular weight is 185 g/mol. The molecule has 74 valence electrons. The number of carbonyl (C=O) groups is 1. The molecule has 1 heterocycles. The zero-order valence-electron chi connectivity index (χ0n) is 7.53. The highest BCUT2D eigenvalue weighted by Gasteiger charge is 2.56. The molecular formula is C9H15NO3. The number of hydrogen-bond acceptors (Lipinski definition) is 3. The van der Waals surface area contributed by atoms with Gasteiger partial charge in [-0.25, -0.2) is 0 Å². The van der Waals surface area contributed by atoms with Crippen LogP contribution in [0.15, 0.2) is 0 Å². The lowest BCUT2D eigenvalue weighted by Crippen LogP contribution is -2.43. The molecule has 0 aromatic heterocycles. The highest BCUT2D eigenvalue weighted by molar-refractivity contribution is 5.75. The van der Waals surface area contributed by atoms with Crippen molar-refractivity contribution in [1.82, 2.24) is 0 Å². The molecule has 2 rings (SSSR count). The monoisotopic (exact) mass is 185 g/mol. The smallest absolute Gasteiger partial charge is 0.321 e. The Bertz CT molecular complexity index is 219. The minimum atomic E-state index is -0.871. The maximum Gasteiger partial charge on any atom is 0.321 e. The minimum absolute atomic E-state index is 0.137. The molecule has 1 saturated heterocycles. The zero-order valence-corrected chi connectivity index (χ0v) is 7.53. The van der Waals surface area contributed by atoms with Gasteiger partial charge in [-0.1, -0.05) is 0 Å². The van der Waals surface area contributed by atoms with Crippen LogP contribution in [0.3, 0.4) is 0 Å². The number of ether oxygens (including phenoxy) is 1. The van der Waals surface area contributed by atoms with Crippen molar-refractivity contribution in [2.75, 3.05) is 13.2 Å². The van der Waals surface area contributed by atoms with E-state index in [0.717, 1.165) is 25.9 Å². The van der Waals surface area contributed by atoms with Crippen molar-refractivity contribution < 1.29 is 14.6 Å². The second kappa shape index (κ2) is 2.96. The lowest BCUT2D eigenvalue weighted by atomic mass is 9.82. The third-order valence-corrected chi connectivity index (χ3v) is 3.46. The van der Waals surface area contributed by atoms with Gasteiger partial charge in [-0.3, -0.25) is 4.79 Å². The van der Waals surface area contributed by atoms with Crippen molar-refractivity contribution in [2.24, 2.45) is 17.1 Å². The summed E-state index contributed by atoms with van der Waals surface area (Å²) in [6.45, 7) is 1.46. The summed E-state index contributed by atoms with van der Waals surface area (Å²) in [5.41, 5.74) is 5.54. The number of hydrogen-bond donors (Lipinski definition) is 2. The number of aliphatic carboxylic acids is 1. The molecule has 2 aliphatic rings. The molecule has 0 amide bonds. The first-order chi connectivity index (χ1) is 6.17. The topological polar surface area (TPSA) is 72.6 Å². The standard InChI is InChI=1S/C9H15NO3/c10-7(8(11)12)9(2-3-9)6-1-4-13-5-6/h6-7H,1-5,10H2,(H,11,12). The van der Waals surface area contributed by atoms with Gasteiger partial charge in [0.25, 0.3) is 0 Å². The van der Waals surface area contributed by atoms with Crippen molar-refractivity contribution in [1.29, 1.82) is 0 Å². The van der Waals surface area contributed by atoms with Gasteiger partial charge < -0.3 is 15.6 Å². The van der Waals surface area contributed by atoms with Gasteiger partial charge in [0, 0.05) is 12.0 Å². The molecule has 2 fully saturated rings. The molecular weight excluding hydrogens is 170 g/mol. The van der Waals surface area contributed by atoms with E-state index >= 15 is 0 Å². The van der Waals surface area contributed by atoms with Crippen LogP contribution in [0.4, 0.5) is 0 Å². The van der Waals surface area contributed by atoms with E-state index < -0.39 is 12.0 Å². The van der Waals surface area contributed by atoms with E-state index in [4.69, 9.17) is 15.6 Å². The normalized spacial score (nSPS) is 32.8. The molecule has 1 aliphatic heterocycles. The lowest BCUT2D eigenvalue weighted by Gasteiger charge is -2.24. The van der Waals surface area contributed by atoms with Crippen LogP contribution in [0.25, 0.3) is 0 Å². The maximum atomic E-state index is 10.8. The molecule has 2 unspecified atom stereocenters. The Morgan fingerprint density at radius 3 is 2.69 bits per heavy atom. The van der Waals surface area contributed by atoms with E-state index in [1.54, 1.807) is 0 Å². The number of carboxylic acids is 1. The summed E-state index contributed by atoms with van der Waals surface area (Å²) in [6, 6.07) is -0.695. The zero-order chi connectivity index (χ0) is 9.47. The third kappa shape index (κ3) is 1.34. The van der Waals surface area contributed by atoms with Crippen LogP contribution in [0, 0.1) is 11.3 Å². The SMILES string of the molecule is NC(C(=O)O)C1(C2CCOC2)CC1. The lowest BCUT2D eigenvalue weighted by molar-refractivity contribution is -0.141. The third-order valence-electron chi connectivity index (χ3n) is 3.46. The van der Waals surface area contributed by atoms with Gasteiger partial charge in [0.05, 0.1) is 6.61 Å². The van der Waals surface area contributed by atoms with E-state index in [0.29, 0.717) is 12.5 Å². The molecule has 0 aromatic carbocycles. The van der Waals surface area contributed by atoms with Crippen molar-refractivity contribution >= 4 is 5.97 Å². The van der Waals surface area contributed by atoms with E-state index in [2.05, 4.69) is 0 Å².